The molecule has 1 aliphatic heterocycles. The van der Waals surface area contributed by atoms with Gasteiger partial charge in [0.2, 0.25) is 19.7 Å². The minimum Gasteiger partial charge on any atom is -0.495 e. The number of aromatic nitrogens is 2. The van der Waals surface area contributed by atoms with Crippen LogP contribution in [0, 0.1) is 19.7 Å². The van der Waals surface area contributed by atoms with Crippen LogP contribution >= 0.6 is 0 Å². The van der Waals surface area contributed by atoms with Crippen molar-refractivity contribution < 1.29 is 35.8 Å². The SMILES string of the molecule is COc1ccc(C)cc1S(=O)(=O)c1cnc2c(F)cccc2c1.COc1ccc(C)cc1S(=O)(=O)c1cnc2c(N3CCC(O)CC3)cccc2c1. The minimum atomic E-state index is -3.82. The molecule has 1 fully saturated rings. The number of fused-ring (bicyclic) bond motifs is 2. The molecule has 3 heterocycles. The Labute approximate surface area is 302 Å². The number of aryl methyl sites for hydroxylation is 2. The molecule has 7 rings (SSSR count). The molecule has 0 spiro atoms. The highest BCUT2D eigenvalue weighted by molar-refractivity contribution is 7.92. The minimum absolute atomic E-state index is 0.000463. The number of piperidine rings is 1. The second-order valence-corrected chi connectivity index (χ2v) is 16.4. The second-order valence-electron chi connectivity index (χ2n) is 12.5. The highest BCUT2D eigenvalue weighted by Gasteiger charge is 2.26. The molecule has 52 heavy (non-hydrogen) atoms. The van der Waals surface area contributed by atoms with Crippen LogP contribution in [0.25, 0.3) is 21.8 Å². The topological polar surface area (TPSA) is 136 Å². The zero-order chi connectivity index (χ0) is 37.2. The van der Waals surface area contributed by atoms with Crippen LogP contribution in [0.2, 0.25) is 0 Å². The second kappa shape index (κ2) is 14.9. The Morgan fingerprint density at radius 3 is 1.69 bits per heavy atom. The van der Waals surface area contributed by atoms with Crippen LogP contribution in [-0.2, 0) is 19.7 Å². The number of pyridine rings is 2. The van der Waals surface area contributed by atoms with Gasteiger partial charge in [0.15, 0.2) is 0 Å². The summed E-state index contributed by atoms with van der Waals surface area (Å²) in [6, 6.07) is 23.3. The van der Waals surface area contributed by atoms with E-state index < -0.39 is 25.5 Å². The third-order valence-electron chi connectivity index (χ3n) is 8.94. The van der Waals surface area contributed by atoms with E-state index in [2.05, 4.69) is 14.9 Å². The number of aliphatic hydroxyl groups is 1. The van der Waals surface area contributed by atoms with Gasteiger partial charge in [-0.2, -0.15) is 0 Å². The predicted octanol–water partition coefficient (Wildman–Crippen LogP) is 6.87. The van der Waals surface area contributed by atoms with Gasteiger partial charge in [-0.15, -0.1) is 0 Å². The van der Waals surface area contributed by atoms with E-state index in [1.807, 2.05) is 31.2 Å². The number of ether oxygens (including phenoxy) is 2. The molecule has 1 aliphatic rings. The highest BCUT2D eigenvalue weighted by Crippen LogP contribution is 2.34. The van der Waals surface area contributed by atoms with Gasteiger partial charge in [-0.05, 0) is 86.3 Å². The third kappa shape index (κ3) is 7.29. The maximum absolute atomic E-state index is 13.7. The number of rotatable bonds is 7. The maximum atomic E-state index is 13.7. The van der Waals surface area contributed by atoms with Crippen molar-refractivity contribution in [1.29, 1.82) is 0 Å². The molecule has 0 amide bonds. The Morgan fingerprint density at radius 1 is 0.692 bits per heavy atom. The molecule has 13 heteroatoms. The number of benzene rings is 4. The quantitative estimate of drug-likeness (QED) is 0.185. The van der Waals surface area contributed by atoms with Gasteiger partial charge in [0.05, 0.1) is 41.3 Å². The van der Waals surface area contributed by atoms with Crippen molar-refractivity contribution in [3.8, 4) is 11.5 Å². The van der Waals surface area contributed by atoms with Crippen LogP contribution in [-0.4, -0.2) is 65.3 Å². The van der Waals surface area contributed by atoms with Crippen molar-refractivity contribution >= 4 is 47.2 Å². The molecule has 0 unspecified atom stereocenters. The molecule has 4 aromatic carbocycles. The van der Waals surface area contributed by atoms with Gasteiger partial charge in [0, 0.05) is 36.3 Å². The molecule has 1 saturated heterocycles. The molecule has 0 saturated carbocycles. The Kier molecular flexibility index (Phi) is 10.5. The summed E-state index contributed by atoms with van der Waals surface area (Å²) in [5, 5.41) is 11.0. The normalized spacial score (nSPS) is 13.8. The van der Waals surface area contributed by atoms with Crippen molar-refractivity contribution in [2.24, 2.45) is 0 Å². The number of sulfone groups is 2. The zero-order valence-electron chi connectivity index (χ0n) is 29.1. The van der Waals surface area contributed by atoms with Crippen molar-refractivity contribution in [3.05, 3.63) is 114 Å². The lowest BCUT2D eigenvalue weighted by Gasteiger charge is -2.31. The van der Waals surface area contributed by atoms with Crippen LogP contribution < -0.4 is 14.4 Å². The molecule has 2 aromatic heterocycles. The number of hydrogen-bond donors (Lipinski definition) is 1. The molecule has 1 N–H and O–H groups in total. The number of aliphatic hydroxyl groups excluding tert-OH is 1. The van der Waals surface area contributed by atoms with E-state index >= 15 is 0 Å². The monoisotopic (exact) mass is 743 g/mol. The Bertz CT molecular complexity index is 2500. The first-order chi connectivity index (χ1) is 24.8. The van der Waals surface area contributed by atoms with Crippen LogP contribution in [0.4, 0.5) is 10.1 Å². The lowest BCUT2D eigenvalue weighted by Crippen LogP contribution is -2.35. The smallest absolute Gasteiger partial charge is 0.211 e. The Morgan fingerprint density at radius 2 is 1.17 bits per heavy atom. The van der Waals surface area contributed by atoms with E-state index in [0.717, 1.165) is 53.6 Å². The molecule has 0 bridgehead atoms. The fourth-order valence-electron chi connectivity index (χ4n) is 6.13. The number of hydrogen-bond acceptors (Lipinski definition) is 10. The number of nitrogens with zero attached hydrogens (tertiary/aromatic N) is 3. The summed E-state index contributed by atoms with van der Waals surface area (Å²) < 4.78 is 76.4. The Balaban J connectivity index is 0.000000183. The van der Waals surface area contributed by atoms with Gasteiger partial charge in [0.25, 0.3) is 0 Å². The molecular weight excluding hydrogens is 706 g/mol. The van der Waals surface area contributed by atoms with Crippen molar-refractivity contribution in [2.45, 2.75) is 52.4 Å². The number of methoxy groups -OCH3 is 2. The van der Waals surface area contributed by atoms with E-state index in [-0.39, 0.29) is 37.0 Å². The van der Waals surface area contributed by atoms with Gasteiger partial charge in [-0.25, -0.2) is 21.2 Å². The van der Waals surface area contributed by atoms with E-state index in [1.165, 1.54) is 44.8 Å². The summed E-state index contributed by atoms with van der Waals surface area (Å²) in [5.41, 5.74) is 3.50. The molecule has 0 atom stereocenters. The van der Waals surface area contributed by atoms with Crippen LogP contribution in [0.3, 0.4) is 0 Å². The summed E-state index contributed by atoms with van der Waals surface area (Å²) in [7, 11) is -4.72. The summed E-state index contributed by atoms with van der Waals surface area (Å²) in [5.74, 6) is 0.0887. The predicted molar refractivity (Wildman–Crippen MR) is 197 cm³/mol. The first kappa shape index (κ1) is 36.7. The summed E-state index contributed by atoms with van der Waals surface area (Å²) in [4.78, 5) is 11.0. The standard InChI is InChI=1S/C22H24N2O4S.C17H14FNO3S/c1-15-6-7-20(28-2)21(12-15)29(26,27)18-13-16-4-3-5-19(22(16)23-14-18)24-10-8-17(25)9-11-24;1-11-6-7-15(22-2)16(8-11)23(20,21)13-9-12-4-3-5-14(18)17(12)19-10-13/h3-7,12-14,17,25H,8-11H2,1-2H3;3-10H,1-2H3. The molecular formula is C39H38FN3O7S2. The van der Waals surface area contributed by atoms with Crippen molar-refractivity contribution in [2.75, 3.05) is 32.2 Å². The lowest BCUT2D eigenvalue weighted by molar-refractivity contribution is 0.145. The molecule has 0 radical (unpaired) electrons. The largest absolute Gasteiger partial charge is 0.495 e. The number of halogens is 1. The lowest BCUT2D eigenvalue weighted by atomic mass is 10.1. The van der Waals surface area contributed by atoms with Crippen LogP contribution in [0.15, 0.2) is 117 Å². The fourth-order valence-corrected chi connectivity index (χ4v) is 9.10. The maximum Gasteiger partial charge on any atom is 0.211 e. The fraction of sp³-hybridized carbons (Fsp3) is 0.231. The van der Waals surface area contributed by atoms with Gasteiger partial charge in [-0.3, -0.25) is 9.97 Å². The number of para-hydroxylation sites is 2. The summed E-state index contributed by atoms with van der Waals surface area (Å²) >= 11 is 0. The molecule has 6 aromatic rings. The highest BCUT2D eigenvalue weighted by atomic mass is 32.2. The van der Waals surface area contributed by atoms with Gasteiger partial charge in [0.1, 0.15) is 32.6 Å². The first-order valence-electron chi connectivity index (χ1n) is 16.5. The van der Waals surface area contributed by atoms with Crippen LogP contribution in [0.5, 0.6) is 11.5 Å². The van der Waals surface area contributed by atoms with E-state index in [0.29, 0.717) is 11.1 Å². The average molecular weight is 744 g/mol. The van der Waals surface area contributed by atoms with Gasteiger partial charge in [-0.1, -0.05) is 36.4 Å². The zero-order valence-corrected chi connectivity index (χ0v) is 30.7. The van der Waals surface area contributed by atoms with Crippen LogP contribution in [0.1, 0.15) is 24.0 Å². The molecule has 10 nitrogen and oxygen atoms in total. The van der Waals surface area contributed by atoms with Gasteiger partial charge < -0.3 is 19.5 Å². The van der Waals surface area contributed by atoms with E-state index in [1.54, 1.807) is 49.4 Å². The third-order valence-corrected chi connectivity index (χ3v) is 12.4. The van der Waals surface area contributed by atoms with Crippen molar-refractivity contribution in [1.82, 2.24) is 9.97 Å². The summed E-state index contributed by atoms with van der Waals surface area (Å²) in [6.45, 7) is 5.15. The van der Waals surface area contributed by atoms with E-state index in [9.17, 15) is 26.3 Å². The molecule has 270 valence electrons. The van der Waals surface area contributed by atoms with Gasteiger partial charge >= 0.3 is 0 Å². The molecule has 0 aliphatic carbocycles. The van der Waals surface area contributed by atoms with E-state index in [4.69, 9.17) is 9.47 Å². The summed E-state index contributed by atoms with van der Waals surface area (Å²) in [6.07, 6.45) is 3.77. The number of anilines is 1. The average Bonchev–Trinajstić information content (AvgIpc) is 3.15. The Hall–Kier alpha value is -5.11. The van der Waals surface area contributed by atoms with Crippen molar-refractivity contribution in [3.63, 3.8) is 0 Å². The first-order valence-corrected chi connectivity index (χ1v) is 19.5.